The van der Waals surface area contributed by atoms with Gasteiger partial charge in [-0.3, -0.25) is 9.59 Å². The molecule has 5 nitrogen and oxygen atoms in total. The summed E-state index contributed by atoms with van der Waals surface area (Å²) >= 11 is 0. The van der Waals surface area contributed by atoms with Crippen molar-refractivity contribution in [3.63, 3.8) is 0 Å². The minimum atomic E-state index is -0.885. The third-order valence-electron chi connectivity index (χ3n) is 5.24. The first-order valence-electron chi connectivity index (χ1n) is 9.68. The van der Waals surface area contributed by atoms with Crippen LogP contribution < -0.4 is 10.1 Å². The average molecular weight is 381 g/mol. The van der Waals surface area contributed by atoms with Gasteiger partial charge in [0.25, 0.3) is 12.3 Å². The summed E-state index contributed by atoms with van der Waals surface area (Å²) < 4.78 is 11.4. The monoisotopic (exact) mass is 381 g/mol. The molecule has 0 bridgehead atoms. The van der Waals surface area contributed by atoms with Crippen molar-refractivity contribution in [3.8, 4) is 5.75 Å². The van der Waals surface area contributed by atoms with E-state index in [1.807, 2.05) is 57.2 Å². The second-order valence-electron chi connectivity index (χ2n) is 7.67. The Morgan fingerprint density at radius 1 is 1.18 bits per heavy atom. The van der Waals surface area contributed by atoms with Gasteiger partial charge in [0.15, 0.2) is 0 Å². The third-order valence-corrected chi connectivity index (χ3v) is 5.24. The fraction of sp³-hybridized carbons (Fsp3) is 0.391. The molecule has 1 fully saturated rings. The molecule has 3 rings (SSSR count). The lowest BCUT2D eigenvalue weighted by Crippen LogP contribution is -2.41. The van der Waals surface area contributed by atoms with Crippen LogP contribution in [0.4, 0.5) is 5.69 Å². The van der Waals surface area contributed by atoms with E-state index in [1.54, 1.807) is 0 Å². The second kappa shape index (κ2) is 8.46. The Kier molecular flexibility index (Phi) is 6.02. The van der Waals surface area contributed by atoms with Crippen molar-refractivity contribution in [2.24, 2.45) is 5.92 Å². The molecule has 0 saturated heterocycles. The predicted octanol–water partition coefficient (Wildman–Crippen LogP) is 4.55. The molecule has 1 aliphatic carbocycles. The van der Waals surface area contributed by atoms with Crippen LogP contribution in [0, 0.1) is 19.8 Å². The summed E-state index contributed by atoms with van der Waals surface area (Å²) in [6, 6.07) is 13.4. The van der Waals surface area contributed by atoms with E-state index in [0.717, 1.165) is 35.2 Å². The molecule has 2 atom stereocenters. The van der Waals surface area contributed by atoms with Gasteiger partial charge in [0.2, 0.25) is 5.91 Å². The Balaban J connectivity index is 1.62. The van der Waals surface area contributed by atoms with E-state index < -0.39 is 5.79 Å². The SMILES string of the molecule is Cc1cc(C)cc(NC(=O)Cc2ccc(OC3(OC=O)CCCC3C)cc2)c1. The standard InChI is InChI=1S/C23H27NO4/c1-16-11-17(2)13-20(12-16)24-22(26)14-19-6-8-21(9-7-19)28-23(27-15-25)10-4-5-18(23)3/h6-9,11-13,15,18H,4-5,10,14H2,1-3H3,(H,24,26). The molecule has 148 valence electrons. The van der Waals surface area contributed by atoms with Crippen molar-refractivity contribution < 1.29 is 19.1 Å². The second-order valence-corrected chi connectivity index (χ2v) is 7.67. The van der Waals surface area contributed by atoms with Crippen LogP contribution in [-0.4, -0.2) is 18.2 Å². The van der Waals surface area contributed by atoms with Gasteiger partial charge in [-0.05, 0) is 67.6 Å². The molecule has 28 heavy (non-hydrogen) atoms. The number of ether oxygens (including phenoxy) is 2. The average Bonchev–Trinajstić information content (AvgIpc) is 2.96. The molecule has 0 spiro atoms. The van der Waals surface area contributed by atoms with Gasteiger partial charge in [0.05, 0.1) is 6.42 Å². The fourth-order valence-electron chi connectivity index (χ4n) is 3.87. The van der Waals surface area contributed by atoms with Crippen LogP contribution in [0.15, 0.2) is 42.5 Å². The van der Waals surface area contributed by atoms with Crippen LogP contribution in [0.25, 0.3) is 0 Å². The van der Waals surface area contributed by atoms with Crippen molar-refractivity contribution >= 4 is 18.1 Å². The molecule has 0 radical (unpaired) electrons. The smallest absolute Gasteiger partial charge is 0.296 e. The van der Waals surface area contributed by atoms with Crippen molar-refractivity contribution in [2.45, 2.75) is 52.2 Å². The summed E-state index contributed by atoms with van der Waals surface area (Å²) in [5.41, 5.74) is 3.93. The molecule has 2 unspecified atom stereocenters. The van der Waals surface area contributed by atoms with E-state index in [2.05, 4.69) is 11.4 Å². The van der Waals surface area contributed by atoms with Gasteiger partial charge < -0.3 is 14.8 Å². The summed E-state index contributed by atoms with van der Waals surface area (Å²) in [5.74, 6) is -0.178. The molecule has 1 N–H and O–H groups in total. The van der Waals surface area contributed by atoms with E-state index in [-0.39, 0.29) is 18.2 Å². The summed E-state index contributed by atoms with van der Waals surface area (Å²) in [7, 11) is 0. The molecule has 1 saturated carbocycles. The maximum atomic E-state index is 12.3. The Bertz CT molecular complexity index is 826. The highest BCUT2D eigenvalue weighted by Gasteiger charge is 2.45. The Morgan fingerprint density at radius 2 is 1.86 bits per heavy atom. The van der Waals surface area contributed by atoms with Crippen LogP contribution >= 0.6 is 0 Å². The first kappa shape index (κ1) is 19.9. The number of amides is 1. The van der Waals surface area contributed by atoms with Crippen molar-refractivity contribution in [1.82, 2.24) is 0 Å². The molecule has 2 aromatic rings. The van der Waals surface area contributed by atoms with Crippen molar-refractivity contribution in [1.29, 1.82) is 0 Å². The molecule has 0 heterocycles. The van der Waals surface area contributed by atoms with Crippen LogP contribution in [0.1, 0.15) is 42.9 Å². The van der Waals surface area contributed by atoms with Crippen molar-refractivity contribution in [2.75, 3.05) is 5.32 Å². The number of benzene rings is 2. The van der Waals surface area contributed by atoms with Crippen LogP contribution in [0.2, 0.25) is 0 Å². The zero-order valence-electron chi connectivity index (χ0n) is 16.7. The van der Waals surface area contributed by atoms with Crippen LogP contribution in [0.5, 0.6) is 5.75 Å². The van der Waals surface area contributed by atoms with Crippen LogP contribution in [0.3, 0.4) is 0 Å². The molecule has 1 amide bonds. The molecular formula is C23H27NO4. The normalized spacial score (nSPS) is 21.2. The Labute approximate surface area is 166 Å². The predicted molar refractivity (Wildman–Crippen MR) is 108 cm³/mol. The topological polar surface area (TPSA) is 64.6 Å². The molecule has 5 heteroatoms. The highest BCUT2D eigenvalue weighted by molar-refractivity contribution is 5.92. The zero-order valence-corrected chi connectivity index (χ0v) is 16.7. The lowest BCUT2D eigenvalue weighted by Gasteiger charge is -2.32. The molecule has 1 aliphatic rings. The van der Waals surface area contributed by atoms with Gasteiger partial charge in [-0.2, -0.15) is 0 Å². The molecule has 2 aromatic carbocycles. The summed E-state index contributed by atoms with van der Waals surface area (Å²) in [4.78, 5) is 23.3. The lowest BCUT2D eigenvalue weighted by molar-refractivity contribution is -0.195. The number of hydrogen-bond donors (Lipinski definition) is 1. The summed E-state index contributed by atoms with van der Waals surface area (Å²) in [6.45, 7) is 6.51. The highest BCUT2D eigenvalue weighted by atomic mass is 16.7. The van der Waals surface area contributed by atoms with Gasteiger partial charge in [-0.1, -0.05) is 25.1 Å². The number of hydrogen-bond acceptors (Lipinski definition) is 4. The Hall–Kier alpha value is -2.82. The van der Waals surface area contributed by atoms with E-state index in [1.165, 1.54) is 0 Å². The third kappa shape index (κ3) is 4.71. The van der Waals surface area contributed by atoms with Crippen LogP contribution in [-0.2, 0) is 20.7 Å². The van der Waals surface area contributed by atoms with Gasteiger partial charge in [0.1, 0.15) is 5.75 Å². The minimum Gasteiger partial charge on any atom is -0.452 e. The fourth-order valence-corrected chi connectivity index (χ4v) is 3.87. The number of nitrogens with one attached hydrogen (secondary N) is 1. The number of carbonyl (C=O) groups excluding carboxylic acids is 2. The first-order valence-corrected chi connectivity index (χ1v) is 9.68. The molecule has 0 aromatic heterocycles. The number of aryl methyl sites for hydroxylation is 2. The quantitative estimate of drug-likeness (QED) is 0.564. The molecular weight excluding hydrogens is 354 g/mol. The van der Waals surface area contributed by atoms with Crippen molar-refractivity contribution in [3.05, 3.63) is 59.2 Å². The molecule has 0 aliphatic heterocycles. The largest absolute Gasteiger partial charge is 0.452 e. The van der Waals surface area contributed by atoms with Gasteiger partial charge in [-0.15, -0.1) is 0 Å². The van der Waals surface area contributed by atoms with E-state index in [4.69, 9.17) is 9.47 Å². The highest BCUT2D eigenvalue weighted by Crippen LogP contribution is 2.39. The summed E-state index contributed by atoms with van der Waals surface area (Å²) in [5, 5.41) is 2.94. The lowest BCUT2D eigenvalue weighted by atomic mass is 10.0. The van der Waals surface area contributed by atoms with Gasteiger partial charge >= 0.3 is 0 Å². The minimum absolute atomic E-state index is 0.0659. The van der Waals surface area contributed by atoms with E-state index in [0.29, 0.717) is 18.6 Å². The Morgan fingerprint density at radius 3 is 2.43 bits per heavy atom. The first-order chi connectivity index (χ1) is 13.4. The number of carbonyl (C=O) groups is 2. The summed E-state index contributed by atoms with van der Waals surface area (Å²) in [6.07, 6.45) is 2.89. The maximum absolute atomic E-state index is 12.3. The van der Waals surface area contributed by atoms with Gasteiger partial charge in [0, 0.05) is 18.0 Å². The van der Waals surface area contributed by atoms with E-state index >= 15 is 0 Å². The van der Waals surface area contributed by atoms with E-state index in [9.17, 15) is 9.59 Å². The maximum Gasteiger partial charge on any atom is 0.296 e. The number of rotatable bonds is 7. The number of anilines is 1. The zero-order chi connectivity index (χ0) is 20.1. The van der Waals surface area contributed by atoms with Gasteiger partial charge in [-0.25, -0.2) is 0 Å².